The van der Waals surface area contributed by atoms with Crippen LogP contribution in [0.1, 0.15) is 27.2 Å². The van der Waals surface area contributed by atoms with Crippen LogP contribution in [-0.2, 0) is 10.0 Å². The van der Waals surface area contributed by atoms with Gasteiger partial charge < -0.3 is 5.32 Å². The highest BCUT2D eigenvalue weighted by Gasteiger charge is 2.41. The monoisotopic (exact) mass is 246 g/mol. The predicted octanol–water partition coefficient (Wildman–Crippen LogP) is 0.656. The van der Waals surface area contributed by atoms with E-state index >= 15 is 0 Å². The Kier molecular flexibility index (Phi) is 3.05. The summed E-state index contributed by atoms with van der Waals surface area (Å²) < 4.78 is 26.0. The number of nitrogens with one attached hydrogen (secondary N) is 1. The molecule has 2 heterocycles. The maximum atomic E-state index is 12.2. The molecular formula is C11H22N2O2S. The first-order valence-electron chi connectivity index (χ1n) is 5.99. The largest absolute Gasteiger partial charge is 0.312 e. The standard InChI is InChI=1S/C11H22N2O2S/c1-11(2,3)8-16(14,15)13-6-9-4-5-12-10(9)7-13/h9-10,12H,4-8H2,1-3H3/t9-,10+/m0/s1. The van der Waals surface area contributed by atoms with E-state index in [1.807, 2.05) is 20.8 Å². The van der Waals surface area contributed by atoms with Gasteiger partial charge >= 0.3 is 0 Å². The average molecular weight is 246 g/mol. The third-order valence-corrected chi connectivity index (χ3v) is 5.65. The molecule has 1 N–H and O–H groups in total. The van der Waals surface area contributed by atoms with Crippen molar-refractivity contribution in [2.24, 2.45) is 11.3 Å². The van der Waals surface area contributed by atoms with Gasteiger partial charge in [0.25, 0.3) is 0 Å². The maximum absolute atomic E-state index is 12.2. The zero-order chi connectivity index (χ0) is 12.0. The van der Waals surface area contributed by atoms with Crippen molar-refractivity contribution >= 4 is 10.0 Å². The van der Waals surface area contributed by atoms with Crippen molar-refractivity contribution in [3.8, 4) is 0 Å². The number of hydrogen-bond acceptors (Lipinski definition) is 3. The molecule has 0 amide bonds. The van der Waals surface area contributed by atoms with Gasteiger partial charge in [-0.3, -0.25) is 0 Å². The van der Waals surface area contributed by atoms with E-state index in [-0.39, 0.29) is 11.2 Å². The molecule has 2 saturated heterocycles. The van der Waals surface area contributed by atoms with Crippen molar-refractivity contribution in [1.82, 2.24) is 9.62 Å². The highest BCUT2D eigenvalue weighted by Crippen LogP contribution is 2.28. The first-order chi connectivity index (χ1) is 7.28. The van der Waals surface area contributed by atoms with Crippen molar-refractivity contribution in [2.45, 2.75) is 33.2 Å². The molecule has 0 aromatic rings. The molecular weight excluding hydrogens is 224 g/mol. The van der Waals surface area contributed by atoms with Gasteiger partial charge in [-0.05, 0) is 24.3 Å². The third kappa shape index (κ3) is 2.57. The van der Waals surface area contributed by atoms with Crippen LogP contribution in [-0.4, -0.2) is 44.2 Å². The molecule has 94 valence electrons. The minimum absolute atomic E-state index is 0.163. The topological polar surface area (TPSA) is 49.4 Å². The lowest BCUT2D eigenvalue weighted by Gasteiger charge is -2.23. The Morgan fingerprint density at radius 3 is 2.56 bits per heavy atom. The van der Waals surface area contributed by atoms with Crippen molar-refractivity contribution < 1.29 is 8.42 Å². The fourth-order valence-electron chi connectivity index (χ4n) is 2.68. The molecule has 0 unspecified atom stereocenters. The van der Waals surface area contributed by atoms with Gasteiger partial charge in [-0.15, -0.1) is 0 Å². The van der Waals surface area contributed by atoms with Crippen molar-refractivity contribution in [2.75, 3.05) is 25.4 Å². The zero-order valence-corrected chi connectivity index (χ0v) is 11.2. The van der Waals surface area contributed by atoms with Crippen LogP contribution in [0.5, 0.6) is 0 Å². The van der Waals surface area contributed by atoms with Gasteiger partial charge in [0.05, 0.1) is 5.75 Å². The molecule has 2 fully saturated rings. The molecule has 2 aliphatic rings. The fourth-order valence-corrected chi connectivity index (χ4v) is 4.76. The Balaban J connectivity index is 2.03. The summed E-state index contributed by atoms with van der Waals surface area (Å²) in [4.78, 5) is 0. The molecule has 2 aliphatic heterocycles. The highest BCUT2D eigenvalue weighted by atomic mass is 32.2. The SMILES string of the molecule is CC(C)(C)CS(=O)(=O)N1C[C@@H]2CCN[C@@H]2C1. The van der Waals surface area contributed by atoms with Gasteiger partial charge in [0.1, 0.15) is 0 Å². The van der Waals surface area contributed by atoms with Crippen molar-refractivity contribution in [3.63, 3.8) is 0 Å². The second-order valence-corrected chi connectivity index (χ2v) is 8.21. The maximum Gasteiger partial charge on any atom is 0.214 e. The van der Waals surface area contributed by atoms with Gasteiger partial charge in [-0.1, -0.05) is 20.8 Å². The summed E-state index contributed by atoms with van der Waals surface area (Å²) in [7, 11) is -3.07. The molecule has 0 aliphatic carbocycles. The Morgan fingerprint density at radius 1 is 1.31 bits per heavy atom. The summed E-state index contributed by atoms with van der Waals surface area (Å²) in [6.45, 7) is 8.35. The van der Waals surface area contributed by atoms with E-state index in [0.717, 1.165) is 19.5 Å². The smallest absolute Gasteiger partial charge is 0.214 e. The number of sulfonamides is 1. The predicted molar refractivity (Wildman–Crippen MR) is 64.7 cm³/mol. The van der Waals surface area contributed by atoms with Gasteiger partial charge in [-0.2, -0.15) is 0 Å². The van der Waals surface area contributed by atoms with Crippen LogP contribution in [0.3, 0.4) is 0 Å². The molecule has 0 saturated carbocycles. The highest BCUT2D eigenvalue weighted by molar-refractivity contribution is 7.89. The summed E-state index contributed by atoms with van der Waals surface area (Å²) in [5, 5.41) is 3.38. The van der Waals surface area contributed by atoms with Gasteiger partial charge in [-0.25, -0.2) is 12.7 Å². The van der Waals surface area contributed by atoms with Crippen molar-refractivity contribution in [3.05, 3.63) is 0 Å². The van der Waals surface area contributed by atoms with Crippen LogP contribution in [0.2, 0.25) is 0 Å². The van der Waals surface area contributed by atoms with Crippen LogP contribution >= 0.6 is 0 Å². The van der Waals surface area contributed by atoms with E-state index < -0.39 is 10.0 Å². The lowest BCUT2D eigenvalue weighted by atomic mass is 10.0. The van der Waals surface area contributed by atoms with E-state index in [9.17, 15) is 8.42 Å². The molecule has 5 heteroatoms. The number of hydrogen-bond donors (Lipinski definition) is 1. The van der Waals surface area contributed by atoms with Crippen LogP contribution in [0.15, 0.2) is 0 Å². The first-order valence-corrected chi connectivity index (χ1v) is 7.60. The van der Waals surface area contributed by atoms with Crippen LogP contribution in [0, 0.1) is 11.3 Å². The number of fused-ring (bicyclic) bond motifs is 1. The lowest BCUT2D eigenvalue weighted by Crippen LogP contribution is -2.38. The molecule has 16 heavy (non-hydrogen) atoms. The van der Waals surface area contributed by atoms with E-state index in [2.05, 4.69) is 5.32 Å². The molecule has 0 aromatic heterocycles. The summed E-state index contributed by atoms with van der Waals surface area (Å²) >= 11 is 0. The summed E-state index contributed by atoms with van der Waals surface area (Å²) in [6, 6.07) is 0.398. The molecule has 2 atom stereocenters. The zero-order valence-electron chi connectivity index (χ0n) is 10.4. The minimum Gasteiger partial charge on any atom is -0.312 e. The average Bonchev–Trinajstić information content (AvgIpc) is 2.54. The number of nitrogens with zero attached hydrogens (tertiary/aromatic N) is 1. The molecule has 0 bridgehead atoms. The summed E-state index contributed by atoms with van der Waals surface area (Å²) in [5.41, 5.74) is -0.163. The van der Waals surface area contributed by atoms with E-state index in [4.69, 9.17) is 0 Å². The molecule has 0 radical (unpaired) electrons. The number of rotatable bonds is 2. The third-order valence-electron chi connectivity index (χ3n) is 3.34. The van der Waals surface area contributed by atoms with Crippen molar-refractivity contribution in [1.29, 1.82) is 0 Å². The van der Waals surface area contributed by atoms with Gasteiger partial charge in [0, 0.05) is 19.1 Å². The quantitative estimate of drug-likeness (QED) is 0.778. The molecule has 0 aromatic carbocycles. The Morgan fingerprint density at radius 2 is 2.00 bits per heavy atom. The van der Waals surface area contributed by atoms with Crippen LogP contribution in [0.25, 0.3) is 0 Å². The fraction of sp³-hybridized carbons (Fsp3) is 1.00. The van der Waals surface area contributed by atoms with E-state index in [1.54, 1.807) is 4.31 Å². The second-order valence-electron chi connectivity index (χ2n) is 6.24. The minimum atomic E-state index is -3.07. The normalized spacial score (nSPS) is 31.9. The van der Waals surface area contributed by atoms with E-state index in [1.165, 1.54) is 0 Å². The van der Waals surface area contributed by atoms with E-state index in [0.29, 0.717) is 18.5 Å². The van der Waals surface area contributed by atoms with Crippen LogP contribution < -0.4 is 5.32 Å². The molecule has 2 rings (SSSR count). The van der Waals surface area contributed by atoms with Gasteiger partial charge in [0.2, 0.25) is 10.0 Å². The summed E-state index contributed by atoms with van der Waals surface area (Å²) in [5.74, 6) is 0.786. The Bertz CT molecular complexity index is 347. The molecule has 0 spiro atoms. The Labute approximate surface area is 98.4 Å². The second kappa shape index (κ2) is 3.96. The molecule has 4 nitrogen and oxygen atoms in total. The Hall–Kier alpha value is -0.130. The van der Waals surface area contributed by atoms with Crippen LogP contribution in [0.4, 0.5) is 0 Å². The first kappa shape index (κ1) is 12.3. The lowest BCUT2D eigenvalue weighted by molar-refractivity contribution is 0.412. The van der Waals surface area contributed by atoms with Gasteiger partial charge in [0.15, 0.2) is 0 Å². The summed E-state index contributed by atoms with van der Waals surface area (Å²) in [6.07, 6.45) is 1.12.